The standard InChI is InChI=1S/C22H24ClN3O4/c23-15-4-1-5-16(12-15)24-22-18-10-14-11-19(29-8-2-6-27)20(30-9-3-7-28)13-17(14)21(18)25-26-22/h1,4-5,11-13,27-28H,2-3,6-10H2,(H2,24,25,26). The summed E-state index contributed by atoms with van der Waals surface area (Å²) in [5.41, 5.74) is 5.02. The van der Waals surface area contributed by atoms with E-state index in [-0.39, 0.29) is 13.2 Å². The van der Waals surface area contributed by atoms with Crippen molar-refractivity contribution in [2.45, 2.75) is 19.3 Å². The van der Waals surface area contributed by atoms with E-state index in [1.54, 1.807) is 0 Å². The fourth-order valence-electron chi connectivity index (χ4n) is 3.46. The third-order valence-corrected chi connectivity index (χ3v) is 5.12. The fourth-order valence-corrected chi connectivity index (χ4v) is 3.65. The maximum absolute atomic E-state index is 9.05. The summed E-state index contributed by atoms with van der Waals surface area (Å²) in [7, 11) is 0. The van der Waals surface area contributed by atoms with Gasteiger partial charge < -0.3 is 25.0 Å². The van der Waals surface area contributed by atoms with Gasteiger partial charge in [0.25, 0.3) is 0 Å². The highest BCUT2D eigenvalue weighted by Gasteiger charge is 2.27. The van der Waals surface area contributed by atoms with Crippen LogP contribution in [-0.4, -0.2) is 46.8 Å². The molecular weight excluding hydrogens is 406 g/mol. The number of ether oxygens (including phenoxy) is 2. The molecule has 1 aliphatic rings. The second-order valence-electron chi connectivity index (χ2n) is 7.05. The van der Waals surface area contributed by atoms with Crippen LogP contribution >= 0.6 is 11.6 Å². The predicted molar refractivity (Wildman–Crippen MR) is 116 cm³/mol. The van der Waals surface area contributed by atoms with Crippen LogP contribution in [0.15, 0.2) is 36.4 Å². The van der Waals surface area contributed by atoms with Crippen molar-refractivity contribution in [2.75, 3.05) is 31.7 Å². The van der Waals surface area contributed by atoms with Gasteiger partial charge in [0.2, 0.25) is 0 Å². The Morgan fingerprint density at radius 3 is 2.47 bits per heavy atom. The van der Waals surface area contributed by atoms with Crippen LogP contribution in [0.2, 0.25) is 5.02 Å². The van der Waals surface area contributed by atoms with Crippen molar-refractivity contribution >= 4 is 23.1 Å². The Bertz CT molecular complexity index is 1020. The minimum Gasteiger partial charge on any atom is -0.490 e. The van der Waals surface area contributed by atoms with Crippen molar-refractivity contribution in [3.05, 3.63) is 52.5 Å². The Balaban J connectivity index is 1.60. The quantitative estimate of drug-likeness (QED) is 0.285. The zero-order valence-electron chi connectivity index (χ0n) is 16.4. The fraction of sp³-hybridized carbons (Fsp3) is 0.318. The van der Waals surface area contributed by atoms with Crippen LogP contribution in [0.5, 0.6) is 11.5 Å². The average Bonchev–Trinajstić information content (AvgIpc) is 3.28. The first-order chi connectivity index (χ1) is 14.7. The van der Waals surface area contributed by atoms with Crippen LogP contribution < -0.4 is 14.8 Å². The lowest BCUT2D eigenvalue weighted by atomic mass is 10.1. The number of nitrogens with zero attached hydrogens (tertiary/aromatic N) is 1. The first-order valence-electron chi connectivity index (χ1n) is 9.94. The van der Waals surface area contributed by atoms with E-state index < -0.39 is 0 Å². The van der Waals surface area contributed by atoms with E-state index in [1.165, 1.54) is 0 Å². The number of H-pyrrole nitrogens is 1. The van der Waals surface area contributed by atoms with Crippen molar-refractivity contribution < 1.29 is 19.7 Å². The summed E-state index contributed by atoms with van der Waals surface area (Å²) in [5.74, 6) is 2.02. The molecule has 0 amide bonds. The molecule has 0 spiro atoms. The van der Waals surface area contributed by atoms with Gasteiger partial charge >= 0.3 is 0 Å². The summed E-state index contributed by atoms with van der Waals surface area (Å²) in [6.45, 7) is 0.929. The van der Waals surface area contributed by atoms with Gasteiger partial charge in [0.05, 0.1) is 18.9 Å². The van der Waals surface area contributed by atoms with Gasteiger partial charge in [-0.1, -0.05) is 17.7 Å². The molecule has 0 saturated heterocycles. The van der Waals surface area contributed by atoms with Crippen molar-refractivity contribution in [1.82, 2.24) is 10.2 Å². The highest BCUT2D eigenvalue weighted by molar-refractivity contribution is 6.30. The number of aromatic nitrogens is 2. The molecule has 8 heteroatoms. The van der Waals surface area contributed by atoms with E-state index in [0.29, 0.717) is 49.0 Å². The van der Waals surface area contributed by atoms with Gasteiger partial charge in [-0.2, -0.15) is 5.10 Å². The summed E-state index contributed by atoms with van der Waals surface area (Å²) in [6, 6.07) is 11.4. The molecule has 3 aromatic rings. The van der Waals surface area contributed by atoms with E-state index >= 15 is 0 Å². The molecule has 0 atom stereocenters. The third-order valence-electron chi connectivity index (χ3n) is 4.88. The van der Waals surface area contributed by atoms with Crippen molar-refractivity contribution in [3.8, 4) is 22.8 Å². The molecule has 1 heterocycles. The minimum atomic E-state index is 0.0644. The maximum Gasteiger partial charge on any atom is 0.161 e. The second-order valence-corrected chi connectivity index (χ2v) is 7.48. The Morgan fingerprint density at radius 1 is 1.03 bits per heavy atom. The van der Waals surface area contributed by atoms with Crippen LogP contribution in [0.4, 0.5) is 11.5 Å². The molecule has 2 aromatic carbocycles. The van der Waals surface area contributed by atoms with Crippen LogP contribution in [0, 0.1) is 0 Å². The first kappa shape index (κ1) is 20.5. The molecule has 0 fully saturated rings. The number of anilines is 2. The number of fused-ring (bicyclic) bond motifs is 3. The van der Waals surface area contributed by atoms with Crippen molar-refractivity contribution in [2.24, 2.45) is 0 Å². The predicted octanol–water partition coefficient (Wildman–Crippen LogP) is 3.90. The van der Waals surface area contributed by atoms with Crippen molar-refractivity contribution in [3.63, 3.8) is 0 Å². The first-order valence-corrected chi connectivity index (χ1v) is 10.3. The smallest absolute Gasteiger partial charge is 0.161 e. The minimum absolute atomic E-state index is 0.0644. The average molecular weight is 430 g/mol. The van der Waals surface area contributed by atoms with Gasteiger partial charge in [-0.15, -0.1) is 0 Å². The molecule has 4 rings (SSSR count). The van der Waals surface area contributed by atoms with Crippen LogP contribution in [0.3, 0.4) is 0 Å². The van der Waals surface area contributed by atoms with E-state index in [1.807, 2.05) is 36.4 Å². The number of hydrogen-bond acceptors (Lipinski definition) is 6. The highest BCUT2D eigenvalue weighted by Crippen LogP contribution is 2.44. The molecule has 0 bridgehead atoms. The molecular formula is C22H24ClN3O4. The number of nitrogens with one attached hydrogen (secondary N) is 2. The number of aliphatic hydroxyl groups is 2. The molecule has 4 N–H and O–H groups in total. The summed E-state index contributed by atoms with van der Waals surface area (Å²) in [5, 5.41) is 29.6. The molecule has 0 unspecified atom stereocenters. The zero-order chi connectivity index (χ0) is 20.9. The number of halogens is 1. The summed E-state index contributed by atoms with van der Waals surface area (Å²) in [4.78, 5) is 0. The molecule has 158 valence electrons. The lowest BCUT2D eigenvalue weighted by molar-refractivity contribution is 0.211. The van der Waals surface area contributed by atoms with E-state index in [4.69, 9.17) is 31.3 Å². The Kier molecular flexibility index (Phi) is 6.42. The highest BCUT2D eigenvalue weighted by atomic mass is 35.5. The van der Waals surface area contributed by atoms with E-state index in [2.05, 4.69) is 15.5 Å². The largest absolute Gasteiger partial charge is 0.490 e. The third kappa shape index (κ3) is 4.38. The second kappa shape index (κ2) is 9.38. The SMILES string of the molecule is OCCCOc1cc2c(cc1OCCCO)-c1[nH]nc(Nc3cccc(Cl)c3)c1C2. The zero-order valence-corrected chi connectivity index (χ0v) is 17.2. The number of benzene rings is 2. The van der Waals surface area contributed by atoms with E-state index in [0.717, 1.165) is 33.9 Å². The van der Waals surface area contributed by atoms with Gasteiger partial charge in [0, 0.05) is 54.3 Å². The molecule has 1 aromatic heterocycles. The van der Waals surface area contributed by atoms with Crippen LogP contribution in [-0.2, 0) is 6.42 Å². The number of hydrogen-bond donors (Lipinski definition) is 4. The Labute approximate surface area is 179 Å². The van der Waals surface area contributed by atoms with Gasteiger partial charge in [0.15, 0.2) is 17.3 Å². The summed E-state index contributed by atoms with van der Waals surface area (Å²) >= 11 is 6.09. The lowest BCUT2D eigenvalue weighted by Crippen LogP contribution is -2.05. The van der Waals surface area contributed by atoms with Crippen LogP contribution in [0.1, 0.15) is 24.0 Å². The van der Waals surface area contributed by atoms with Gasteiger partial charge in [0.1, 0.15) is 0 Å². The molecule has 30 heavy (non-hydrogen) atoms. The molecule has 0 aliphatic heterocycles. The maximum atomic E-state index is 9.05. The van der Waals surface area contributed by atoms with Gasteiger partial charge in [-0.25, -0.2) is 0 Å². The number of rotatable bonds is 10. The molecule has 7 nitrogen and oxygen atoms in total. The number of aromatic amines is 1. The summed E-state index contributed by atoms with van der Waals surface area (Å²) in [6.07, 6.45) is 1.79. The van der Waals surface area contributed by atoms with Crippen LogP contribution in [0.25, 0.3) is 11.3 Å². The molecule has 0 saturated carbocycles. The Morgan fingerprint density at radius 2 is 1.77 bits per heavy atom. The monoisotopic (exact) mass is 429 g/mol. The van der Waals surface area contributed by atoms with Crippen molar-refractivity contribution in [1.29, 1.82) is 0 Å². The lowest BCUT2D eigenvalue weighted by Gasteiger charge is -2.14. The van der Waals surface area contributed by atoms with Gasteiger partial charge in [-0.05, 0) is 35.9 Å². The topological polar surface area (TPSA) is 99.6 Å². The summed E-state index contributed by atoms with van der Waals surface area (Å²) < 4.78 is 11.7. The normalized spacial score (nSPS) is 11.8. The van der Waals surface area contributed by atoms with E-state index in [9.17, 15) is 0 Å². The van der Waals surface area contributed by atoms with Gasteiger partial charge in [-0.3, -0.25) is 5.10 Å². The molecule has 0 radical (unpaired) electrons. The molecule has 1 aliphatic carbocycles. The number of aliphatic hydroxyl groups excluding tert-OH is 2. The Hall–Kier alpha value is -2.74.